The summed E-state index contributed by atoms with van der Waals surface area (Å²) in [4.78, 5) is 22.0. The van der Waals surface area contributed by atoms with Gasteiger partial charge in [-0.3, -0.25) is 25.0 Å². The molecule has 102 valence electrons. The van der Waals surface area contributed by atoms with Crippen LogP contribution in [0.25, 0.3) is 0 Å². The number of nitro benzene ring substituents is 1. The van der Waals surface area contributed by atoms with Crippen LogP contribution in [0.1, 0.15) is 12.0 Å². The number of rotatable bonds is 3. The number of aryl methyl sites for hydroxylation is 1. The molecule has 3 rings (SSSR count). The molecule has 20 heavy (non-hydrogen) atoms. The van der Waals surface area contributed by atoms with E-state index in [9.17, 15) is 14.9 Å². The zero-order valence-corrected chi connectivity index (χ0v) is 10.5. The zero-order valence-electron chi connectivity index (χ0n) is 10.5. The number of amides is 1. The van der Waals surface area contributed by atoms with Crippen LogP contribution in [-0.2, 0) is 11.2 Å². The van der Waals surface area contributed by atoms with Crippen LogP contribution in [0, 0.1) is 10.1 Å². The van der Waals surface area contributed by atoms with Gasteiger partial charge in [0.15, 0.2) is 0 Å². The minimum absolute atomic E-state index is 0.0698. The number of hydrogen-bond donors (Lipinski definition) is 2. The first-order chi connectivity index (χ1) is 9.63. The maximum atomic E-state index is 11.3. The van der Waals surface area contributed by atoms with Gasteiger partial charge in [0.05, 0.1) is 10.6 Å². The van der Waals surface area contributed by atoms with Crippen LogP contribution in [0.15, 0.2) is 36.7 Å². The van der Waals surface area contributed by atoms with E-state index in [4.69, 9.17) is 0 Å². The number of anilines is 2. The van der Waals surface area contributed by atoms with Crippen molar-refractivity contribution in [2.45, 2.75) is 12.8 Å². The van der Waals surface area contributed by atoms with E-state index in [1.807, 2.05) is 12.1 Å². The average molecular weight is 272 g/mol. The Morgan fingerprint density at radius 2 is 2.00 bits per heavy atom. The molecule has 2 N–H and O–H groups in total. The molecule has 0 bridgehead atoms. The second-order valence-electron chi connectivity index (χ2n) is 4.53. The summed E-state index contributed by atoms with van der Waals surface area (Å²) in [6.45, 7) is 0. The second kappa shape index (κ2) is 4.69. The van der Waals surface area contributed by atoms with Crippen molar-refractivity contribution in [3.05, 3.63) is 52.3 Å². The molecule has 2 heterocycles. The number of fused-ring (bicyclic) bond motifs is 1. The van der Waals surface area contributed by atoms with Gasteiger partial charge in [0, 0.05) is 24.9 Å². The third kappa shape index (κ3) is 2.20. The summed E-state index contributed by atoms with van der Waals surface area (Å²) in [7, 11) is 0. The number of nitrogens with zero attached hydrogens (tertiary/aromatic N) is 2. The Hall–Kier alpha value is -2.83. The van der Waals surface area contributed by atoms with Crippen LogP contribution in [0.2, 0.25) is 0 Å². The van der Waals surface area contributed by atoms with Crippen molar-refractivity contribution in [3.8, 4) is 0 Å². The largest absolute Gasteiger partial charge is 0.326 e. The third-order valence-corrected chi connectivity index (χ3v) is 3.17. The monoisotopic (exact) mass is 272 g/mol. The Balaban J connectivity index is 2.04. The smallest absolute Gasteiger partial charge is 0.296 e. The van der Waals surface area contributed by atoms with E-state index in [1.165, 1.54) is 6.07 Å². The fourth-order valence-electron chi connectivity index (χ4n) is 2.21. The quantitative estimate of drug-likeness (QED) is 0.661. The van der Waals surface area contributed by atoms with Crippen LogP contribution in [0.4, 0.5) is 17.1 Å². The minimum Gasteiger partial charge on any atom is -0.326 e. The molecule has 1 amide bonds. The number of nitro groups is 1. The summed E-state index contributed by atoms with van der Waals surface area (Å²) in [5.41, 5.74) is 4.70. The van der Waals surface area contributed by atoms with Gasteiger partial charge >= 0.3 is 0 Å². The lowest BCUT2D eigenvalue weighted by atomic mass is 10.0. The molecule has 0 spiro atoms. The van der Waals surface area contributed by atoms with Crippen molar-refractivity contribution in [2.24, 2.45) is 0 Å². The highest BCUT2D eigenvalue weighted by Crippen LogP contribution is 2.34. The van der Waals surface area contributed by atoms with Gasteiger partial charge in [0.1, 0.15) is 5.69 Å². The molecule has 0 saturated carbocycles. The van der Waals surface area contributed by atoms with Gasteiger partial charge in [-0.15, -0.1) is 0 Å². The Morgan fingerprint density at radius 1 is 1.25 bits per heavy atom. The van der Waals surface area contributed by atoms with Crippen LogP contribution in [0.5, 0.6) is 0 Å². The molecule has 1 aliphatic rings. The van der Waals surface area contributed by atoms with Gasteiger partial charge < -0.3 is 5.32 Å². The number of nitrogens with one attached hydrogen (secondary N) is 2. The van der Waals surface area contributed by atoms with Crippen molar-refractivity contribution < 1.29 is 9.72 Å². The Labute approximate surface area is 114 Å². The molecule has 0 radical (unpaired) electrons. The first-order valence-electron chi connectivity index (χ1n) is 6.14. The average Bonchev–Trinajstić information content (AvgIpc) is 2.91. The fourth-order valence-corrected chi connectivity index (χ4v) is 2.21. The normalized spacial score (nSPS) is 13.5. The lowest BCUT2D eigenvalue weighted by molar-refractivity contribution is -0.383. The van der Waals surface area contributed by atoms with E-state index in [2.05, 4.69) is 10.7 Å². The van der Waals surface area contributed by atoms with E-state index in [1.54, 1.807) is 23.1 Å². The molecule has 1 aliphatic heterocycles. The molecular formula is C13H12N4O3. The number of benzene rings is 1. The maximum absolute atomic E-state index is 11.3. The Kier molecular flexibility index (Phi) is 2.86. The van der Waals surface area contributed by atoms with Gasteiger partial charge in [-0.1, -0.05) is 0 Å². The van der Waals surface area contributed by atoms with E-state index in [0.717, 1.165) is 5.56 Å². The number of carbonyl (C=O) groups is 1. The number of aromatic nitrogens is 1. The van der Waals surface area contributed by atoms with Crippen molar-refractivity contribution >= 4 is 23.0 Å². The van der Waals surface area contributed by atoms with Crippen molar-refractivity contribution in [1.82, 2.24) is 4.68 Å². The summed E-state index contributed by atoms with van der Waals surface area (Å²) >= 11 is 0. The van der Waals surface area contributed by atoms with Gasteiger partial charge in [-0.05, 0) is 30.2 Å². The highest BCUT2D eigenvalue weighted by molar-refractivity contribution is 5.95. The molecule has 0 saturated heterocycles. The summed E-state index contributed by atoms with van der Waals surface area (Å²) < 4.78 is 1.64. The molecule has 0 aliphatic carbocycles. The Bertz CT molecular complexity index is 679. The topological polar surface area (TPSA) is 89.2 Å². The standard InChI is InChI=1S/C13H12N4O3/c18-13-4-3-9-7-11(15-16-5-1-2-6-16)12(17(19)20)8-10(9)14-13/h1-2,5-8,15H,3-4H2,(H,14,18). The van der Waals surface area contributed by atoms with Gasteiger partial charge in [0.25, 0.3) is 5.69 Å². The lowest BCUT2D eigenvalue weighted by Crippen LogP contribution is -2.19. The van der Waals surface area contributed by atoms with Crippen LogP contribution in [0.3, 0.4) is 0 Å². The second-order valence-corrected chi connectivity index (χ2v) is 4.53. The highest BCUT2D eigenvalue weighted by atomic mass is 16.6. The predicted octanol–water partition coefficient (Wildman–Crippen LogP) is 2.16. The van der Waals surface area contributed by atoms with Crippen LogP contribution in [-0.4, -0.2) is 15.5 Å². The molecule has 0 unspecified atom stereocenters. The van der Waals surface area contributed by atoms with Gasteiger partial charge in [0.2, 0.25) is 5.91 Å². The SMILES string of the molecule is O=C1CCc2cc(Nn3cccc3)c([N+](=O)[O-])cc2N1. The predicted molar refractivity (Wildman–Crippen MR) is 73.5 cm³/mol. The third-order valence-electron chi connectivity index (χ3n) is 3.17. The zero-order chi connectivity index (χ0) is 14.1. The highest BCUT2D eigenvalue weighted by Gasteiger charge is 2.22. The van der Waals surface area contributed by atoms with Crippen LogP contribution >= 0.6 is 0 Å². The van der Waals surface area contributed by atoms with Gasteiger partial charge in [-0.25, -0.2) is 0 Å². The summed E-state index contributed by atoms with van der Waals surface area (Å²) in [6, 6.07) is 6.75. The Morgan fingerprint density at radius 3 is 2.70 bits per heavy atom. The maximum Gasteiger partial charge on any atom is 0.296 e. The van der Waals surface area contributed by atoms with Crippen LogP contribution < -0.4 is 10.7 Å². The first kappa shape index (κ1) is 12.2. The minimum atomic E-state index is -0.465. The van der Waals surface area contributed by atoms with E-state index in [0.29, 0.717) is 24.2 Å². The summed E-state index contributed by atoms with van der Waals surface area (Å²) in [6.07, 6.45) is 4.49. The number of hydrogen-bond acceptors (Lipinski definition) is 4. The van der Waals surface area contributed by atoms with Crippen molar-refractivity contribution in [2.75, 3.05) is 10.7 Å². The van der Waals surface area contributed by atoms with E-state index in [-0.39, 0.29) is 11.6 Å². The molecule has 0 fully saturated rings. The molecule has 7 heteroatoms. The molecule has 1 aromatic heterocycles. The first-order valence-corrected chi connectivity index (χ1v) is 6.14. The molecule has 0 atom stereocenters. The molecule has 2 aromatic rings. The summed E-state index contributed by atoms with van der Waals surface area (Å²) in [5, 5.41) is 13.8. The van der Waals surface area contributed by atoms with Crippen molar-refractivity contribution in [3.63, 3.8) is 0 Å². The lowest BCUT2D eigenvalue weighted by Gasteiger charge is -2.18. The van der Waals surface area contributed by atoms with Gasteiger partial charge in [-0.2, -0.15) is 0 Å². The van der Waals surface area contributed by atoms with E-state index >= 15 is 0 Å². The summed E-state index contributed by atoms with van der Waals surface area (Å²) in [5.74, 6) is -0.113. The van der Waals surface area contributed by atoms with E-state index < -0.39 is 4.92 Å². The molecule has 7 nitrogen and oxygen atoms in total. The fraction of sp³-hybridized carbons (Fsp3) is 0.154. The van der Waals surface area contributed by atoms with Crippen molar-refractivity contribution in [1.29, 1.82) is 0 Å². The molecular weight excluding hydrogens is 260 g/mol. The molecule has 1 aromatic carbocycles. The number of carbonyl (C=O) groups excluding carboxylic acids is 1.